The van der Waals surface area contributed by atoms with E-state index in [1.165, 1.54) is 37.5 Å². The Kier molecular flexibility index (Phi) is 5.23. The van der Waals surface area contributed by atoms with Crippen molar-refractivity contribution in [1.29, 1.82) is 0 Å². The number of oxime groups is 1. The molecule has 0 saturated carbocycles. The van der Waals surface area contributed by atoms with Crippen molar-refractivity contribution >= 4 is 21.6 Å². The molecule has 0 heterocycles. The molecule has 2 rings (SSSR count). The van der Waals surface area contributed by atoms with Crippen molar-refractivity contribution in [2.45, 2.75) is 25.7 Å². The molecule has 0 unspecified atom stereocenters. The molecule has 1 aromatic carbocycles. The summed E-state index contributed by atoms with van der Waals surface area (Å²) in [6, 6.07) is 5.78. The summed E-state index contributed by atoms with van der Waals surface area (Å²) in [5.74, 6) is 0.444. The molecule has 0 radical (unpaired) electrons. The number of carbonyl (C=O) groups is 1. The maximum absolute atomic E-state index is 12.2. The van der Waals surface area contributed by atoms with E-state index >= 15 is 0 Å². The lowest BCUT2D eigenvalue weighted by molar-refractivity contribution is -0.111. The van der Waals surface area contributed by atoms with Crippen LogP contribution in [-0.4, -0.2) is 27.0 Å². The molecule has 0 fully saturated rings. The van der Waals surface area contributed by atoms with Gasteiger partial charge in [-0.3, -0.25) is 9.08 Å². The number of hydrogen-bond acceptors (Lipinski definition) is 6. The quantitative estimate of drug-likeness (QED) is 0.603. The molecule has 0 bridgehead atoms. The lowest BCUT2D eigenvalue weighted by atomic mass is 9.90. The predicted octanol–water partition coefficient (Wildman–Crippen LogP) is 2.87. The van der Waals surface area contributed by atoms with E-state index in [0.29, 0.717) is 22.6 Å². The van der Waals surface area contributed by atoms with Crippen LogP contribution in [0.1, 0.15) is 20.8 Å². The van der Waals surface area contributed by atoms with Crippen LogP contribution in [0.5, 0.6) is 5.75 Å². The van der Waals surface area contributed by atoms with Crippen molar-refractivity contribution in [3.05, 3.63) is 47.6 Å². The van der Waals surface area contributed by atoms with Gasteiger partial charge in [-0.1, -0.05) is 19.0 Å². The Morgan fingerprint density at radius 3 is 2.25 bits per heavy atom. The number of nitrogens with zero attached hydrogens (tertiary/aromatic N) is 1. The van der Waals surface area contributed by atoms with Crippen molar-refractivity contribution in [1.82, 2.24) is 0 Å². The van der Waals surface area contributed by atoms with E-state index in [0.717, 1.165) is 0 Å². The molecule has 0 aliphatic heterocycles. The zero-order valence-electron chi connectivity index (χ0n) is 13.9. The Hall–Kier alpha value is -2.41. The molecule has 1 aliphatic rings. The minimum absolute atomic E-state index is 0.00486. The first-order chi connectivity index (χ1) is 11.2. The van der Waals surface area contributed by atoms with Gasteiger partial charge in [0.2, 0.25) is 0 Å². The summed E-state index contributed by atoms with van der Waals surface area (Å²) in [6.45, 7) is 5.43. The van der Waals surface area contributed by atoms with Gasteiger partial charge in [-0.15, -0.1) is 0 Å². The van der Waals surface area contributed by atoms with Gasteiger partial charge in [0.1, 0.15) is 16.4 Å². The number of carbonyl (C=O) groups excluding carboxylic acids is 1. The number of benzene rings is 1. The highest BCUT2D eigenvalue weighted by Gasteiger charge is 2.21. The molecule has 0 amide bonds. The van der Waals surface area contributed by atoms with E-state index in [2.05, 4.69) is 5.16 Å². The molecule has 0 atom stereocenters. The van der Waals surface area contributed by atoms with E-state index in [-0.39, 0.29) is 16.6 Å². The minimum atomic E-state index is -4.04. The highest BCUT2D eigenvalue weighted by Crippen LogP contribution is 2.21. The summed E-state index contributed by atoms with van der Waals surface area (Å²) in [4.78, 5) is 11.9. The molecule has 1 aliphatic carbocycles. The molecular formula is C17H19NO5S. The Balaban J connectivity index is 2.27. The third-order valence-corrected chi connectivity index (χ3v) is 4.65. The fourth-order valence-electron chi connectivity index (χ4n) is 2.11. The molecule has 0 spiro atoms. The van der Waals surface area contributed by atoms with E-state index in [1.54, 1.807) is 13.0 Å². The predicted molar refractivity (Wildman–Crippen MR) is 90.4 cm³/mol. The van der Waals surface area contributed by atoms with Gasteiger partial charge < -0.3 is 4.74 Å². The van der Waals surface area contributed by atoms with Gasteiger partial charge in [0.05, 0.1) is 7.11 Å². The van der Waals surface area contributed by atoms with Crippen LogP contribution in [0.3, 0.4) is 0 Å². The first-order valence-corrected chi connectivity index (χ1v) is 8.75. The summed E-state index contributed by atoms with van der Waals surface area (Å²) in [7, 11) is -2.55. The molecule has 24 heavy (non-hydrogen) atoms. The van der Waals surface area contributed by atoms with Gasteiger partial charge in [0, 0.05) is 5.57 Å². The highest BCUT2D eigenvalue weighted by atomic mass is 32.2. The Morgan fingerprint density at radius 1 is 1.08 bits per heavy atom. The highest BCUT2D eigenvalue weighted by molar-refractivity contribution is 7.86. The number of hydrogen-bond donors (Lipinski definition) is 0. The van der Waals surface area contributed by atoms with Gasteiger partial charge in [0.15, 0.2) is 5.78 Å². The topological polar surface area (TPSA) is 82.0 Å². The molecule has 6 nitrogen and oxygen atoms in total. The number of ketones is 1. The third kappa shape index (κ3) is 3.91. The van der Waals surface area contributed by atoms with Gasteiger partial charge in [-0.2, -0.15) is 8.42 Å². The zero-order valence-corrected chi connectivity index (χ0v) is 14.8. The lowest BCUT2D eigenvalue weighted by Gasteiger charge is -2.14. The smallest absolute Gasteiger partial charge is 0.358 e. The van der Waals surface area contributed by atoms with Crippen LogP contribution in [0, 0.1) is 5.92 Å². The summed E-state index contributed by atoms with van der Waals surface area (Å²) in [5, 5.41) is 3.72. The molecule has 0 N–H and O–H groups in total. The van der Waals surface area contributed by atoms with Crippen LogP contribution < -0.4 is 4.74 Å². The fourth-order valence-corrected chi connectivity index (χ4v) is 2.84. The van der Waals surface area contributed by atoms with Crippen LogP contribution in [0.25, 0.3) is 0 Å². The second-order valence-corrected chi connectivity index (χ2v) is 7.16. The molecule has 128 valence electrons. The summed E-state index contributed by atoms with van der Waals surface area (Å²) in [5.41, 5.74) is 1.43. The van der Waals surface area contributed by atoms with E-state index in [4.69, 9.17) is 9.02 Å². The lowest BCUT2D eigenvalue weighted by Crippen LogP contribution is -2.16. The molecule has 0 aromatic heterocycles. The fraction of sp³-hybridized carbons (Fsp3) is 0.294. The van der Waals surface area contributed by atoms with Gasteiger partial charge >= 0.3 is 10.1 Å². The van der Waals surface area contributed by atoms with Gasteiger partial charge in [-0.25, -0.2) is 0 Å². The van der Waals surface area contributed by atoms with Crippen LogP contribution in [-0.2, 0) is 19.2 Å². The van der Waals surface area contributed by atoms with Crippen LogP contribution in [0.2, 0.25) is 0 Å². The Bertz CT molecular complexity index is 830. The normalized spacial score (nSPS) is 16.9. The Labute approximate surface area is 141 Å². The Morgan fingerprint density at radius 2 is 1.71 bits per heavy atom. The van der Waals surface area contributed by atoms with Crippen molar-refractivity contribution in [2.24, 2.45) is 11.1 Å². The average Bonchev–Trinajstić information content (AvgIpc) is 2.53. The largest absolute Gasteiger partial charge is 0.497 e. The number of allylic oxidation sites excluding steroid dienone is 4. The molecule has 0 saturated heterocycles. The second-order valence-electron chi connectivity index (χ2n) is 5.63. The van der Waals surface area contributed by atoms with Gasteiger partial charge in [-0.05, 0) is 54.8 Å². The van der Waals surface area contributed by atoms with Crippen LogP contribution >= 0.6 is 0 Å². The summed E-state index contributed by atoms with van der Waals surface area (Å²) < 4.78 is 34.1. The molecule has 7 heteroatoms. The third-order valence-electron chi connectivity index (χ3n) is 3.53. The number of methoxy groups -OCH3 is 1. The SMILES string of the molecule is COc1ccc(S(=O)(=O)O/N=C2\C=C(C(C)C)C(=O)C=C2C)cc1. The van der Waals surface area contributed by atoms with E-state index in [1.807, 2.05) is 13.8 Å². The average molecular weight is 349 g/mol. The minimum Gasteiger partial charge on any atom is -0.497 e. The van der Waals surface area contributed by atoms with Crippen LogP contribution in [0.4, 0.5) is 0 Å². The van der Waals surface area contributed by atoms with E-state index in [9.17, 15) is 13.2 Å². The maximum atomic E-state index is 12.2. The van der Waals surface area contributed by atoms with Gasteiger partial charge in [0.25, 0.3) is 0 Å². The maximum Gasteiger partial charge on any atom is 0.358 e. The first-order valence-electron chi connectivity index (χ1n) is 7.35. The summed E-state index contributed by atoms with van der Waals surface area (Å²) in [6.07, 6.45) is 2.99. The first kappa shape index (κ1) is 17.9. The van der Waals surface area contributed by atoms with Crippen molar-refractivity contribution in [3.63, 3.8) is 0 Å². The summed E-state index contributed by atoms with van der Waals surface area (Å²) >= 11 is 0. The standard InChI is InChI=1S/C17H19NO5S/c1-11(2)15-10-16(12(3)9-17(15)19)18-23-24(20,21)14-7-5-13(22-4)6-8-14/h5-11H,1-4H3/b18-16+. The van der Waals surface area contributed by atoms with Crippen molar-refractivity contribution in [2.75, 3.05) is 7.11 Å². The van der Waals surface area contributed by atoms with Crippen molar-refractivity contribution in [3.8, 4) is 5.75 Å². The number of ether oxygens (including phenoxy) is 1. The second kappa shape index (κ2) is 7.00. The van der Waals surface area contributed by atoms with E-state index < -0.39 is 10.1 Å². The van der Waals surface area contributed by atoms with Crippen molar-refractivity contribution < 1.29 is 22.2 Å². The molecule has 1 aromatic rings. The zero-order chi connectivity index (χ0) is 17.9. The number of rotatable bonds is 5. The molecular weight excluding hydrogens is 330 g/mol. The van der Waals surface area contributed by atoms with Crippen LogP contribution in [0.15, 0.2) is 57.6 Å². The monoisotopic (exact) mass is 349 g/mol.